The SMILES string of the molecule is CC(c1ccc(OC(F)(F)F)cc1)c1c(F)cncc1-n1ccnn1. The standard InChI is InChI=1S/C16H12F4N4O/c1-10(11-2-4-12(5-3-11)25-16(18,19)20)15-13(17)8-21-9-14(15)24-7-6-22-23-24/h2-10H,1H3. The Labute approximate surface area is 139 Å². The largest absolute Gasteiger partial charge is 0.573 e. The molecule has 3 aromatic rings. The predicted molar refractivity (Wildman–Crippen MR) is 79.8 cm³/mol. The highest BCUT2D eigenvalue weighted by molar-refractivity contribution is 5.45. The molecule has 0 amide bonds. The average molecular weight is 352 g/mol. The van der Waals surface area contributed by atoms with E-state index in [0.29, 0.717) is 16.8 Å². The van der Waals surface area contributed by atoms with Crippen LogP contribution in [-0.2, 0) is 0 Å². The number of hydrogen-bond acceptors (Lipinski definition) is 4. The van der Waals surface area contributed by atoms with Crippen molar-refractivity contribution in [2.45, 2.75) is 19.2 Å². The molecule has 0 aliphatic carbocycles. The van der Waals surface area contributed by atoms with Gasteiger partial charge in [0.15, 0.2) is 0 Å². The number of alkyl halides is 3. The lowest BCUT2D eigenvalue weighted by Gasteiger charge is -2.17. The van der Waals surface area contributed by atoms with Gasteiger partial charge in [-0.2, -0.15) is 0 Å². The van der Waals surface area contributed by atoms with Crippen LogP contribution >= 0.6 is 0 Å². The van der Waals surface area contributed by atoms with E-state index in [1.54, 1.807) is 13.1 Å². The van der Waals surface area contributed by atoms with E-state index in [9.17, 15) is 17.6 Å². The fourth-order valence-corrected chi connectivity index (χ4v) is 2.51. The summed E-state index contributed by atoms with van der Waals surface area (Å²) in [6.45, 7) is 1.73. The van der Waals surface area contributed by atoms with E-state index in [1.807, 2.05) is 0 Å². The summed E-state index contributed by atoms with van der Waals surface area (Å²) in [5.41, 5.74) is 1.33. The van der Waals surface area contributed by atoms with Crippen molar-refractivity contribution in [2.75, 3.05) is 0 Å². The Morgan fingerprint density at radius 2 is 1.84 bits per heavy atom. The molecule has 2 aromatic heterocycles. The summed E-state index contributed by atoms with van der Waals surface area (Å²) in [6, 6.07) is 5.29. The van der Waals surface area contributed by atoms with E-state index >= 15 is 0 Å². The van der Waals surface area contributed by atoms with Crippen molar-refractivity contribution in [3.05, 3.63) is 66.0 Å². The van der Waals surface area contributed by atoms with Gasteiger partial charge in [0.1, 0.15) is 11.6 Å². The molecule has 25 heavy (non-hydrogen) atoms. The van der Waals surface area contributed by atoms with Crippen molar-refractivity contribution in [3.63, 3.8) is 0 Å². The van der Waals surface area contributed by atoms with Gasteiger partial charge in [-0.05, 0) is 17.7 Å². The molecular weight excluding hydrogens is 340 g/mol. The molecule has 9 heteroatoms. The van der Waals surface area contributed by atoms with E-state index in [0.717, 1.165) is 6.20 Å². The average Bonchev–Trinajstić information content (AvgIpc) is 3.07. The molecule has 0 radical (unpaired) electrons. The zero-order valence-electron chi connectivity index (χ0n) is 12.9. The van der Waals surface area contributed by atoms with Crippen molar-refractivity contribution in [3.8, 4) is 11.4 Å². The molecule has 3 rings (SSSR count). The molecule has 0 spiro atoms. The molecule has 0 saturated carbocycles. The Balaban J connectivity index is 1.95. The lowest BCUT2D eigenvalue weighted by atomic mass is 9.92. The van der Waals surface area contributed by atoms with Gasteiger partial charge in [-0.1, -0.05) is 24.3 Å². The minimum atomic E-state index is -4.76. The van der Waals surface area contributed by atoms with Gasteiger partial charge in [-0.3, -0.25) is 4.98 Å². The first kappa shape index (κ1) is 16.9. The fourth-order valence-electron chi connectivity index (χ4n) is 2.51. The lowest BCUT2D eigenvalue weighted by molar-refractivity contribution is -0.274. The summed E-state index contributed by atoms with van der Waals surface area (Å²) < 4.78 is 56.3. The predicted octanol–water partition coefficient (Wildman–Crippen LogP) is 3.85. The summed E-state index contributed by atoms with van der Waals surface area (Å²) >= 11 is 0. The van der Waals surface area contributed by atoms with E-state index in [2.05, 4.69) is 20.0 Å². The Bertz CT molecular complexity index is 848. The van der Waals surface area contributed by atoms with Crippen molar-refractivity contribution in [2.24, 2.45) is 0 Å². The maximum Gasteiger partial charge on any atom is 0.573 e. The summed E-state index contributed by atoms with van der Waals surface area (Å²) in [6.07, 6.45) is 0.762. The van der Waals surface area contributed by atoms with Crippen molar-refractivity contribution in [1.82, 2.24) is 20.0 Å². The second-order valence-corrected chi connectivity index (χ2v) is 5.24. The van der Waals surface area contributed by atoms with Crippen LogP contribution in [0.15, 0.2) is 49.1 Å². The van der Waals surface area contributed by atoms with Crippen LogP contribution in [0, 0.1) is 5.82 Å². The van der Waals surface area contributed by atoms with Crippen molar-refractivity contribution in [1.29, 1.82) is 0 Å². The van der Waals surface area contributed by atoms with Gasteiger partial charge in [0.05, 0.1) is 30.5 Å². The van der Waals surface area contributed by atoms with Crippen LogP contribution in [0.2, 0.25) is 0 Å². The van der Waals surface area contributed by atoms with Gasteiger partial charge < -0.3 is 4.74 Å². The zero-order valence-corrected chi connectivity index (χ0v) is 12.9. The minimum Gasteiger partial charge on any atom is -0.406 e. The van der Waals surface area contributed by atoms with E-state index in [1.165, 1.54) is 41.3 Å². The number of rotatable bonds is 4. The highest BCUT2D eigenvalue weighted by atomic mass is 19.4. The third-order valence-corrected chi connectivity index (χ3v) is 3.63. The monoisotopic (exact) mass is 352 g/mol. The number of aromatic nitrogens is 4. The van der Waals surface area contributed by atoms with Crippen LogP contribution in [0.25, 0.3) is 5.69 Å². The van der Waals surface area contributed by atoms with Gasteiger partial charge in [-0.15, -0.1) is 18.3 Å². The molecule has 0 N–H and O–H groups in total. The highest BCUT2D eigenvalue weighted by Crippen LogP contribution is 2.32. The highest BCUT2D eigenvalue weighted by Gasteiger charge is 2.31. The molecule has 1 aromatic carbocycles. The van der Waals surface area contributed by atoms with E-state index < -0.39 is 18.1 Å². The second kappa shape index (κ2) is 6.50. The molecule has 0 saturated heterocycles. The van der Waals surface area contributed by atoms with Crippen LogP contribution < -0.4 is 4.74 Å². The smallest absolute Gasteiger partial charge is 0.406 e. The van der Waals surface area contributed by atoms with Crippen LogP contribution in [-0.4, -0.2) is 26.3 Å². The summed E-state index contributed by atoms with van der Waals surface area (Å²) in [5, 5.41) is 7.52. The number of ether oxygens (including phenoxy) is 1. The van der Waals surface area contributed by atoms with Crippen molar-refractivity contribution >= 4 is 0 Å². The first-order chi connectivity index (χ1) is 11.8. The van der Waals surface area contributed by atoms with Gasteiger partial charge in [-0.25, -0.2) is 9.07 Å². The zero-order chi connectivity index (χ0) is 18.0. The Morgan fingerprint density at radius 3 is 2.44 bits per heavy atom. The normalized spacial score (nSPS) is 12.8. The number of hydrogen-bond donors (Lipinski definition) is 0. The first-order valence-corrected chi connectivity index (χ1v) is 7.21. The second-order valence-electron chi connectivity index (χ2n) is 5.24. The maximum atomic E-state index is 14.4. The molecular formula is C16H12F4N4O. The Hall–Kier alpha value is -2.97. The van der Waals surface area contributed by atoms with Gasteiger partial charge in [0.2, 0.25) is 0 Å². The maximum absolute atomic E-state index is 14.4. The van der Waals surface area contributed by atoms with E-state index in [-0.39, 0.29) is 5.75 Å². The van der Waals surface area contributed by atoms with Gasteiger partial charge >= 0.3 is 6.36 Å². The van der Waals surface area contributed by atoms with Gasteiger partial charge in [0, 0.05) is 11.5 Å². The number of halogens is 4. The molecule has 1 unspecified atom stereocenters. The van der Waals surface area contributed by atoms with Crippen LogP contribution in [0.5, 0.6) is 5.75 Å². The van der Waals surface area contributed by atoms with Crippen LogP contribution in [0.1, 0.15) is 24.0 Å². The quantitative estimate of drug-likeness (QED) is 0.669. The summed E-state index contributed by atoms with van der Waals surface area (Å²) in [4.78, 5) is 3.82. The molecule has 130 valence electrons. The Kier molecular flexibility index (Phi) is 4.39. The topological polar surface area (TPSA) is 52.8 Å². The fraction of sp³-hybridized carbons (Fsp3) is 0.188. The minimum absolute atomic E-state index is 0.310. The van der Waals surface area contributed by atoms with E-state index in [4.69, 9.17) is 0 Å². The summed E-state index contributed by atoms with van der Waals surface area (Å²) in [5.74, 6) is -1.34. The molecule has 0 fully saturated rings. The number of pyridine rings is 1. The molecule has 2 heterocycles. The first-order valence-electron chi connectivity index (χ1n) is 7.21. The third-order valence-electron chi connectivity index (χ3n) is 3.63. The molecule has 0 aliphatic heterocycles. The Morgan fingerprint density at radius 1 is 1.12 bits per heavy atom. The number of benzene rings is 1. The molecule has 5 nitrogen and oxygen atoms in total. The van der Waals surface area contributed by atoms with Crippen LogP contribution in [0.4, 0.5) is 17.6 Å². The molecule has 0 bridgehead atoms. The van der Waals surface area contributed by atoms with Gasteiger partial charge in [0.25, 0.3) is 0 Å². The third kappa shape index (κ3) is 3.76. The summed E-state index contributed by atoms with van der Waals surface area (Å²) in [7, 11) is 0. The molecule has 1 atom stereocenters. The number of nitrogens with zero attached hydrogens (tertiary/aromatic N) is 4. The molecule has 0 aliphatic rings. The van der Waals surface area contributed by atoms with Crippen molar-refractivity contribution < 1.29 is 22.3 Å². The lowest BCUT2D eigenvalue weighted by Crippen LogP contribution is -2.17. The van der Waals surface area contributed by atoms with Crippen LogP contribution in [0.3, 0.4) is 0 Å².